The van der Waals surface area contributed by atoms with Crippen molar-refractivity contribution < 1.29 is 9.52 Å². The minimum absolute atomic E-state index is 0.410. The predicted molar refractivity (Wildman–Crippen MR) is 92.4 cm³/mol. The van der Waals surface area contributed by atoms with Crippen LogP contribution in [-0.2, 0) is 7.05 Å². The fraction of sp³-hybridized carbons (Fsp3) is 0.133. The van der Waals surface area contributed by atoms with Gasteiger partial charge in [0.2, 0.25) is 0 Å². The second-order valence-corrected chi connectivity index (χ2v) is 6.82. The Labute approximate surface area is 142 Å². The Morgan fingerprint density at radius 2 is 2.05 bits per heavy atom. The summed E-state index contributed by atoms with van der Waals surface area (Å²) in [6.45, 7) is 0. The minimum atomic E-state index is -0.788. The molecule has 1 atom stereocenters. The predicted octanol–water partition coefficient (Wildman–Crippen LogP) is 3.58. The van der Waals surface area contributed by atoms with Gasteiger partial charge in [0.15, 0.2) is 5.58 Å². The topological polar surface area (TPSA) is 55.4 Å². The molecule has 6 heteroatoms. The van der Waals surface area contributed by atoms with E-state index in [4.69, 9.17) is 4.42 Å². The molecule has 0 amide bonds. The first-order chi connectivity index (χ1) is 9.97. The van der Waals surface area contributed by atoms with Gasteiger partial charge in [-0.2, -0.15) is 0 Å². The van der Waals surface area contributed by atoms with E-state index in [1.165, 1.54) is 4.57 Å². The van der Waals surface area contributed by atoms with E-state index in [-0.39, 0.29) is 0 Å². The summed E-state index contributed by atoms with van der Waals surface area (Å²) < 4.78 is 8.48. The number of rotatable bonds is 2. The summed E-state index contributed by atoms with van der Waals surface area (Å²) in [5.74, 6) is -0.410. The molecule has 3 rings (SSSR count). The van der Waals surface area contributed by atoms with Gasteiger partial charge in [0.25, 0.3) is 0 Å². The van der Waals surface area contributed by atoms with Gasteiger partial charge in [-0.15, -0.1) is 0 Å². The first-order valence-electron chi connectivity index (χ1n) is 6.20. The number of hydrogen-bond acceptors (Lipinski definition) is 3. The molecule has 1 unspecified atom stereocenters. The zero-order valence-corrected chi connectivity index (χ0v) is 14.8. The molecule has 2 aromatic carbocycles. The molecule has 1 aromatic heterocycles. The molecular formula is C15H11BrINO3. The molecular weight excluding hydrogens is 449 g/mol. The monoisotopic (exact) mass is 459 g/mol. The van der Waals surface area contributed by atoms with Crippen molar-refractivity contribution in [1.29, 1.82) is 0 Å². The smallest absolute Gasteiger partial charge is 0.408 e. The normalized spacial score (nSPS) is 12.8. The molecule has 0 saturated heterocycles. The van der Waals surface area contributed by atoms with Gasteiger partial charge in [-0.1, -0.05) is 22.0 Å². The summed E-state index contributed by atoms with van der Waals surface area (Å²) in [6, 6.07) is 11.1. The molecule has 0 bridgehead atoms. The van der Waals surface area contributed by atoms with Gasteiger partial charge in [-0.3, -0.25) is 4.57 Å². The van der Waals surface area contributed by atoms with E-state index >= 15 is 0 Å². The number of fused-ring (bicyclic) bond motifs is 1. The standard InChI is InChI=1S/C15H11BrINO3/c1-18-12-5-2-8(6-13(12)21-15(18)20)14(19)10-7-9(17)3-4-11(10)16/h2-7,14,19H,1H3. The summed E-state index contributed by atoms with van der Waals surface area (Å²) in [6.07, 6.45) is -0.788. The second-order valence-electron chi connectivity index (χ2n) is 4.72. The zero-order chi connectivity index (χ0) is 15.1. The molecule has 0 aliphatic heterocycles. The molecule has 0 radical (unpaired) electrons. The Morgan fingerprint density at radius 3 is 2.81 bits per heavy atom. The van der Waals surface area contributed by atoms with Crippen LogP contribution in [0.2, 0.25) is 0 Å². The van der Waals surface area contributed by atoms with E-state index in [1.54, 1.807) is 25.2 Å². The van der Waals surface area contributed by atoms with Gasteiger partial charge in [0, 0.05) is 20.7 Å². The average molecular weight is 460 g/mol. The van der Waals surface area contributed by atoms with Gasteiger partial charge in [0.1, 0.15) is 6.10 Å². The van der Waals surface area contributed by atoms with Crippen LogP contribution in [0.25, 0.3) is 11.1 Å². The third kappa shape index (κ3) is 2.67. The van der Waals surface area contributed by atoms with Gasteiger partial charge in [-0.25, -0.2) is 4.79 Å². The Hall–Kier alpha value is -1.12. The van der Waals surface area contributed by atoms with Crippen LogP contribution in [0.4, 0.5) is 0 Å². The lowest BCUT2D eigenvalue weighted by Crippen LogP contribution is -2.08. The van der Waals surface area contributed by atoms with E-state index in [0.29, 0.717) is 16.7 Å². The number of oxazole rings is 1. The molecule has 0 aliphatic rings. The number of nitrogens with zero attached hydrogens (tertiary/aromatic N) is 1. The molecule has 108 valence electrons. The van der Waals surface area contributed by atoms with Gasteiger partial charge in [-0.05, 0) is 58.5 Å². The molecule has 3 aromatic rings. The Balaban J connectivity index is 2.11. The lowest BCUT2D eigenvalue weighted by Gasteiger charge is -2.13. The van der Waals surface area contributed by atoms with Crippen molar-refractivity contribution in [2.75, 3.05) is 0 Å². The van der Waals surface area contributed by atoms with Crippen LogP contribution < -0.4 is 5.76 Å². The zero-order valence-electron chi connectivity index (χ0n) is 11.0. The van der Waals surface area contributed by atoms with Gasteiger partial charge < -0.3 is 9.52 Å². The maximum absolute atomic E-state index is 11.5. The van der Waals surface area contributed by atoms with E-state index in [0.717, 1.165) is 13.6 Å². The van der Waals surface area contributed by atoms with Crippen molar-refractivity contribution >= 4 is 49.6 Å². The van der Waals surface area contributed by atoms with Crippen molar-refractivity contribution in [2.24, 2.45) is 7.05 Å². The molecule has 4 nitrogen and oxygen atoms in total. The summed E-state index contributed by atoms with van der Waals surface area (Å²) in [5.41, 5.74) is 2.64. The maximum Gasteiger partial charge on any atom is 0.419 e. The SMILES string of the molecule is Cn1c(=O)oc2cc(C(O)c3cc(I)ccc3Br)ccc21. The number of aryl methyl sites for hydroxylation is 1. The Kier molecular flexibility index (Phi) is 3.94. The number of halogens is 2. The largest absolute Gasteiger partial charge is 0.419 e. The van der Waals surface area contributed by atoms with E-state index < -0.39 is 11.9 Å². The molecule has 0 saturated carbocycles. The van der Waals surface area contributed by atoms with Crippen LogP contribution in [0.1, 0.15) is 17.2 Å². The van der Waals surface area contributed by atoms with Crippen LogP contribution >= 0.6 is 38.5 Å². The number of hydrogen-bond donors (Lipinski definition) is 1. The highest BCUT2D eigenvalue weighted by atomic mass is 127. The Bertz CT molecular complexity index is 884. The quantitative estimate of drug-likeness (QED) is 0.596. The number of aliphatic hydroxyl groups is 1. The van der Waals surface area contributed by atoms with Crippen molar-refractivity contribution in [1.82, 2.24) is 4.57 Å². The van der Waals surface area contributed by atoms with Crippen LogP contribution in [0.15, 0.2) is 50.1 Å². The molecule has 0 spiro atoms. The fourth-order valence-electron chi connectivity index (χ4n) is 2.22. The third-order valence-electron chi connectivity index (χ3n) is 3.38. The lowest BCUT2D eigenvalue weighted by molar-refractivity contribution is 0.219. The van der Waals surface area contributed by atoms with Crippen LogP contribution in [0.3, 0.4) is 0 Å². The van der Waals surface area contributed by atoms with Crippen molar-refractivity contribution in [3.05, 3.63) is 66.1 Å². The van der Waals surface area contributed by atoms with Crippen molar-refractivity contribution in [3.63, 3.8) is 0 Å². The molecule has 0 aliphatic carbocycles. The summed E-state index contributed by atoms with van der Waals surface area (Å²) in [4.78, 5) is 11.5. The van der Waals surface area contributed by atoms with Crippen molar-refractivity contribution in [2.45, 2.75) is 6.10 Å². The highest BCUT2D eigenvalue weighted by Gasteiger charge is 2.16. The Morgan fingerprint density at radius 1 is 1.29 bits per heavy atom. The highest BCUT2D eigenvalue weighted by Crippen LogP contribution is 2.31. The third-order valence-corrected chi connectivity index (χ3v) is 4.78. The van der Waals surface area contributed by atoms with Gasteiger partial charge >= 0.3 is 5.76 Å². The first kappa shape index (κ1) is 14.8. The van der Waals surface area contributed by atoms with Crippen LogP contribution in [0.5, 0.6) is 0 Å². The van der Waals surface area contributed by atoms with E-state index in [1.807, 2.05) is 18.2 Å². The summed E-state index contributed by atoms with van der Waals surface area (Å²) in [5, 5.41) is 10.6. The number of aromatic nitrogens is 1. The molecule has 0 fully saturated rings. The van der Waals surface area contributed by atoms with E-state index in [2.05, 4.69) is 38.5 Å². The molecule has 1 heterocycles. The number of benzene rings is 2. The van der Waals surface area contributed by atoms with E-state index in [9.17, 15) is 9.90 Å². The van der Waals surface area contributed by atoms with Gasteiger partial charge in [0.05, 0.1) is 5.52 Å². The maximum atomic E-state index is 11.5. The summed E-state index contributed by atoms with van der Waals surface area (Å²) in [7, 11) is 1.65. The fourth-order valence-corrected chi connectivity index (χ4v) is 3.20. The molecule has 21 heavy (non-hydrogen) atoms. The highest BCUT2D eigenvalue weighted by molar-refractivity contribution is 14.1. The van der Waals surface area contributed by atoms with Crippen molar-refractivity contribution in [3.8, 4) is 0 Å². The lowest BCUT2D eigenvalue weighted by atomic mass is 10.0. The molecule has 1 N–H and O–H groups in total. The second kappa shape index (κ2) is 5.58. The minimum Gasteiger partial charge on any atom is -0.408 e. The first-order valence-corrected chi connectivity index (χ1v) is 8.07. The van der Waals surface area contributed by atoms with Crippen LogP contribution in [0, 0.1) is 3.57 Å². The summed E-state index contributed by atoms with van der Waals surface area (Å²) >= 11 is 5.65. The number of aliphatic hydroxyl groups excluding tert-OH is 1. The van der Waals surface area contributed by atoms with Crippen LogP contribution in [-0.4, -0.2) is 9.67 Å². The average Bonchev–Trinajstić information content (AvgIpc) is 2.75.